The van der Waals surface area contributed by atoms with Gasteiger partial charge in [-0.15, -0.1) is 11.8 Å². The second-order valence-corrected chi connectivity index (χ2v) is 5.29. The third-order valence-electron chi connectivity index (χ3n) is 3.21. The minimum Gasteiger partial charge on any atom is -0.351 e. The van der Waals surface area contributed by atoms with E-state index < -0.39 is 6.04 Å². The molecule has 0 aliphatic heterocycles. The number of carbonyl (C=O) groups excluding carboxylic acids is 1. The maximum atomic E-state index is 11.9. The van der Waals surface area contributed by atoms with Crippen LogP contribution in [-0.2, 0) is 11.3 Å². The van der Waals surface area contributed by atoms with E-state index in [1.165, 1.54) is 4.90 Å². The third-order valence-corrected chi connectivity index (χ3v) is 4.04. The number of nitrogens with one attached hydrogen (secondary N) is 1. The second-order valence-electron chi connectivity index (χ2n) is 4.44. The third kappa shape index (κ3) is 4.03. The number of carbonyl (C=O) groups is 1. The van der Waals surface area contributed by atoms with Gasteiger partial charge in [-0.1, -0.05) is 38.5 Å². The Bertz CT molecular complexity index is 395. The molecule has 0 spiro atoms. The lowest BCUT2D eigenvalue weighted by atomic mass is 9.99. The zero-order chi connectivity index (χ0) is 13.5. The molecule has 0 bridgehead atoms. The Morgan fingerprint density at radius 1 is 1.44 bits per heavy atom. The standard InChI is InChI=1S/C14H22N2OS/c1-4-10(2)13(15)14(17)16-9-11-7-5-6-8-12(11)18-3/h5-8,10,13H,4,9,15H2,1-3H3,(H,16,17)/t10?,13-/m0/s1. The first-order chi connectivity index (χ1) is 8.60. The maximum absolute atomic E-state index is 11.9. The molecule has 18 heavy (non-hydrogen) atoms. The van der Waals surface area contributed by atoms with Gasteiger partial charge < -0.3 is 11.1 Å². The van der Waals surface area contributed by atoms with Crippen molar-refractivity contribution in [3.63, 3.8) is 0 Å². The largest absolute Gasteiger partial charge is 0.351 e. The molecule has 3 N–H and O–H groups in total. The molecule has 1 aromatic carbocycles. The van der Waals surface area contributed by atoms with Crippen LogP contribution in [0.25, 0.3) is 0 Å². The fourth-order valence-corrected chi connectivity index (χ4v) is 2.28. The highest BCUT2D eigenvalue weighted by atomic mass is 32.2. The lowest BCUT2D eigenvalue weighted by Crippen LogP contribution is -2.44. The molecule has 0 saturated carbocycles. The van der Waals surface area contributed by atoms with Crippen molar-refractivity contribution in [1.29, 1.82) is 0 Å². The summed E-state index contributed by atoms with van der Waals surface area (Å²) < 4.78 is 0. The molecule has 1 rings (SSSR count). The van der Waals surface area contributed by atoms with Gasteiger partial charge in [-0.05, 0) is 23.8 Å². The Morgan fingerprint density at radius 2 is 2.11 bits per heavy atom. The Balaban J connectivity index is 2.57. The van der Waals surface area contributed by atoms with E-state index in [-0.39, 0.29) is 11.8 Å². The van der Waals surface area contributed by atoms with E-state index in [2.05, 4.69) is 11.4 Å². The SMILES string of the molecule is CCC(C)[C@H](N)C(=O)NCc1ccccc1SC. The molecular formula is C14H22N2OS. The van der Waals surface area contributed by atoms with Crippen LogP contribution >= 0.6 is 11.8 Å². The van der Waals surface area contributed by atoms with E-state index in [1.54, 1.807) is 11.8 Å². The quantitative estimate of drug-likeness (QED) is 0.777. The lowest BCUT2D eigenvalue weighted by Gasteiger charge is -2.18. The molecule has 100 valence electrons. The summed E-state index contributed by atoms with van der Waals surface area (Å²) in [4.78, 5) is 13.1. The highest BCUT2D eigenvalue weighted by Gasteiger charge is 2.18. The Kier molecular flexibility index (Phi) is 6.22. The smallest absolute Gasteiger partial charge is 0.237 e. The molecule has 0 aromatic heterocycles. The van der Waals surface area contributed by atoms with Crippen molar-refractivity contribution < 1.29 is 4.79 Å². The van der Waals surface area contributed by atoms with E-state index in [0.29, 0.717) is 6.54 Å². The van der Waals surface area contributed by atoms with Crippen molar-refractivity contribution in [3.05, 3.63) is 29.8 Å². The molecule has 1 aromatic rings. The monoisotopic (exact) mass is 266 g/mol. The highest BCUT2D eigenvalue weighted by Crippen LogP contribution is 2.19. The first kappa shape index (κ1) is 15.1. The van der Waals surface area contributed by atoms with Crippen LogP contribution in [0.3, 0.4) is 0 Å². The van der Waals surface area contributed by atoms with Crippen molar-refractivity contribution >= 4 is 17.7 Å². The van der Waals surface area contributed by atoms with Crippen molar-refractivity contribution in [2.45, 2.75) is 37.8 Å². The second kappa shape index (κ2) is 7.44. The Labute approximate surface area is 114 Å². The molecule has 3 nitrogen and oxygen atoms in total. The summed E-state index contributed by atoms with van der Waals surface area (Å²) in [7, 11) is 0. The number of nitrogens with two attached hydrogens (primary N) is 1. The molecule has 0 heterocycles. The molecule has 0 aliphatic carbocycles. The van der Waals surface area contributed by atoms with Crippen LogP contribution in [0.2, 0.25) is 0 Å². The van der Waals surface area contributed by atoms with Crippen LogP contribution in [0.15, 0.2) is 29.2 Å². The molecule has 0 fully saturated rings. The number of thioether (sulfide) groups is 1. The highest BCUT2D eigenvalue weighted by molar-refractivity contribution is 7.98. The molecule has 0 saturated heterocycles. The Morgan fingerprint density at radius 3 is 2.72 bits per heavy atom. The lowest BCUT2D eigenvalue weighted by molar-refractivity contribution is -0.123. The van der Waals surface area contributed by atoms with Gasteiger partial charge in [0.25, 0.3) is 0 Å². The van der Waals surface area contributed by atoms with Crippen LogP contribution in [-0.4, -0.2) is 18.2 Å². The van der Waals surface area contributed by atoms with Gasteiger partial charge in [0.2, 0.25) is 5.91 Å². The van der Waals surface area contributed by atoms with Crippen LogP contribution in [0.4, 0.5) is 0 Å². The minimum atomic E-state index is -0.420. The summed E-state index contributed by atoms with van der Waals surface area (Å²) in [6.07, 6.45) is 2.95. The van der Waals surface area contributed by atoms with Gasteiger partial charge in [-0.3, -0.25) is 4.79 Å². The van der Waals surface area contributed by atoms with Crippen LogP contribution in [0.5, 0.6) is 0 Å². The number of hydrogen-bond donors (Lipinski definition) is 2. The van der Waals surface area contributed by atoms with Crippen molar-refractivity contribution in [1.82, 2.24) is 5.32 Å². The van der Waals surface area contributed by atoms with Crippen molar-refractivity contribution in [2.24, 2.45) is 11.7 Å². The number of amides is 1. The molecule has 0 aliphatic rings. The summed E-state index contributed by atoms with van der Waals surface area (Å²) >= 11 is 1.68. The molecule has 1 unspecified atom stereocenters. The summed E-state index contributed by atoms with van der Waals surface area (Å²) in [6, 6.07) is 7.65. The minimum absolute atomic E-state index is 0.0692. The number of benzene rings is 1. The van der Waals surface area contributed by atoms with Crippen LogP contribution in [0, 0.1) is 5.92 Å². The van der Waals surface area contributed by atoms with Gasteiger partial charge in [-0.25, -0.2) is 0 Å². The number of rotatable bonds is 6. The predicted molar refractivity (Wildman–Crippen MR) is 77.5 cm³/mol. The first-order valence-corrected chi connectivity index (χ1v) is 7.47. The topological polar surface area (TPSA) is 55.1 Å². The van der Waals surface area contributed by atoms with Gasteiger partial charge in [-0.2, -0.15) is 0 Å². The molecule has 2 atom stereocenters. The summed E-state index contributed by atoms with van der Waals surface area (Å²) in [5.41, 5.74) is 7.02. The van der Waals surface area contributed by atoms with Gasteiger partial charge in [0.15, 0.2) is 0 Å². The zero-order valence-corrected chi connectivity index (χ0v) is 12.1. The van der Waals surface area contributed by atoms with Crippen molar-refractivity contribution in [3.8, 4) is 0 Å². The van der Waals surface area contributed by atoms with E-state index >= 15 is 0 Å². The number of hydrogen-bond acceptors (Lipinski definition) is 3. The molecular weight excluding hydrogens is 244 g/mol. The van der Waals surface area contributed by atoms with Gasteiger partial charge in [0.1, 0.15) is 0 Å². The van der Waals surface area contributed by atoms with E-state index in [1.807, 2.05) is 38.3 Å². The average Bonchev–Trinajstić information content (AvgIpc) is 2.43. The van der Waals surface area contributed by atoms with E-state index in [0.717, 1.165) is 12.0 Å². The zero-order valence-electron chi connectivity index (χ0n) is 11.3. The predicted octanol–water partition coefficient (Wildman–Crippen LogP) is 2.40. The van der Waals surface area contributed by atoms with Gasteiger partial charge in [0, 0.05) is 11.4 Å². The van der Waals surface area contributed by atoms with Crippen LogP contribution in [0.1, 0.15) is 25.8 Å². The summed E-state index contributed by atoms with van der Waals surface area (Å²) in [5.74, 6) is 0.140. The first-order valence-electron chi connectivity index (χ1n) is 6.25. The average molecular weight is 266 g/mol. The van der Waals surface area contributed by atoms with Gasteiger partial charge in [0.05, 0.1) is 6.04 Å². The van der Waals surface area contributed by atoms with Gasteiger partial charge >= 0.3 is 0 Å². The van der Waals surface area contributed by atoms with E-state index in [9.17, 15) is 4.79 Å². The molecule has 4 heteroatoms. The van der Waals surface area contributed by atoms with Crippen LogP contribution < -0.4 is 11.1 Å². The van der Waals surface area contributed by atoms with Crippen molar-refractivity contribution in [2.75, 3.05) is 6.26 Å². The molecule has 1 amide bonds. The fourth-order valence-electron chi connectivity index (χ4n) is 1.66. The fraction of sp³-hybridized carbons (Fsp3) is 0.500. The molecule has 0 radical (unpaired) electrons. The summed E-state index contributed by atoms with van der Waals surface area (Å²) in [5, 5.41) is 2.91. The maximum Gasteiger partial charge on any atom is 0.237 e. The normalized spacial score (nSPS) is 14.0. The Hall–Kier alpha value is -1.00. The van der Waals surface area contributed by atoms with E-state index in [4.69, 9.17) is 5.73 Å². The summed E-state index contributed by atoms with van der Waals surface area (Å²) in [6.45, 7) is 4.58.